The topological polar surface area (TPSA) is 88.6 Å². The Morgan fingerprint density at radius 1 is 0.970 bits per heavy atom. The number of anilines is 1. The summed E-state index contributed by atoms with van der Waals surface area (Å²) in [4.78, 5) is 46.4. The van der Waals surface area contributed by atoms with Crippen LogP contribution in [-0.4, -0.2) is 32.4 Å². The van der Waals surface area contributed by atoms with E-state index in [1.807, 2.05) is 0 Å². The van der Waals surface area contributed by atoms with E-state index in [0.717, 1.165) is 4.90 Å². The van der Waals surface area contributed by atoms with Crippen LogP contribution in [0.3, 0.4) is 0 Å². The molecule has 2 aromatic carbocycles. The molecule has 9 heteroatoms. The highest BCUT2D eigenvalue weighted by Crippen LogP contribution is 2.27. The first-order chi connectivity index (χ1) is 15.9. The lowest BCUT2D eigenvalue weighted by Gasteiger charge is -2.20. The molecule has 3 heterocycles. The highest BCUT2D eigenvalue weighted by Gasteiger charge is 2.43. The molecule has 0 aliphatic carbocycles. The van der Waals surface area contributed by atoms with E-state index in [0.29, 0.717) is 22.4 Å². The van der Waals surface area contributed by atoms with Gasteiger partial charge in [-0.15, -0.1) is 0 Å². The summed E-state index contributed by atoms with van der Waals surface area (Å²) in [5.74, 6) is -0.0828. The van der Waals surface area contributed by atoms with E-state index in [-0.39, 0.29) is 24.5 Å². The Morgan fingerprint density at radius 3 is 2.45 bits per heavy atom. The van der Waals surface area contributed by atoms with Crippen molar-refractivity contribution in [1.29, 1.82) is 0 Å². The Bertz CT molecular complexity index is 1410. The Balaban J connectivity index is 1.55. The number of imide groups is 1. The number of carbonyl (C=O) groups is 2. The molecule has 1 atom stereocenters. The summed E-state index contributed by atoms with van der Waals surface area (Å²) in [5, 5.41) is 0.424. The maximum Gasteiger partial charge on any atom is 0.332 e. The Morgan fingerprint density at radius 2 is 1.73 bits per heavy atom. The number of rotatable bonds is 5. The molecule has 0 bridgehead atoms. The molecule has 4 aromatic rings. The number of hydrogen-bond acceptors (Lipinski definition) is 5. The fourth-order valence-corrected chi connectivity index (χ4v) is 4.00. The van der Waals surface area contributed by atoms with Crippen molar-refractivity contribution in [2.45, 2.75) is 26.1 Å². The zero-order valence-corrected chi connectivity index (χ0v) is 17.6. The molecule has 8 nitrogen and oxygen atoms in total. The van der Waals surface area contributed by atoms with Gasteiger partial charge in [-0.3, -0.25) is 24.0 Å². The molecule has 5 rings (SSSR count). The first-order valence-electron chi connectivity index (χ1n) is 10.3. The number of nitrogens with zero attached hydrogens (tertiary/aromatic N) is 4. The Labute approximate surface area is 187 Å². The standard InChI is InChI=1S/C24H19FN4O4/c1-15-22(30)28(24(32)29(15)17-10-8-16(25)9-11-17)14-21-26-20-7-3-2-6-19(20)23(31)27(21)13-18-5-4-12-33-18/h2-12,15H,13-14H2,1H3/t15-/m0/s1. The van der Waals surface area contributed by atoms with Gasteiger partial charge < -0.3 is 4.42 Å². The molecule has 1 aliphatic rings. The van der Waals surface area contributed by atoms with Gasteiger partial charge in [0.05, 0.1) is 30.3 Å². The summed E-state index contributed by atoms with van der Waals surface area (Å²) in [6.07, 6.45) is 1.50. The van der Waals surface area contributed by atoms with Gasteiger partial charge in [0, 0.05) is 5.69 Å². The predicted molar refractivity (Wildman–Crippen MR) is 118 cm³/mol. The van der Waals surface area contributed by atoms with Crippen molar-refractivity contribution in [1.82, 2.24) is 14.5 Å². The SMILES string of the molecule is C[C@H]1C(=O)N(Cc2nc3ccccc3c(=O)n2Cc2ccco2)C(=O)N1c1ccc(F)cc1. The molecule has 1 saturated heterocycles. The third-order valence-electron chi connectivity index (χ3n) is 5.69. The average Bonchev–Trinajstić information content (AvgIpc) is 3.40. The molecule has 166 valence electrons. The van der Waals surface area contributed by atoms with Gasteiger partial charge in [-0.1, -0.05) is 12.1 Å². The van der Waals surface area contributed by atoms with Crippen LogP contribution in [0.25, 0.3) is 10.9 Å². The van der Waals surface area contributed by atoms with Gasteiger partial charge in [-0.2, -0.15) is 0 Å². The average molecular weight is 446 g/mol. The molecule has 0 N–H and O–H groups in total. The van der Waals surface area contributed by atoms with E-state index in [9.17, 15) is 18.8 Å². The van der Waals surface area contributed by atoms with Gasteiger partial charge in [0.25, 0.3) is 11.5 Å². The number of aromatic nitrogens is 2. The number of amides is 3. The number of benzene rings is 2. The molecule has 0 saturated carbocycles. The zero-order valence-electron chi connectivity index (χ0n) is 17.6. The Hall–Kier alpha value is -4.27. The predicted octanol–water partition coefficient (Wildman–Crippen LogP) is 3.53. The largest absolute Gasteiger partial charge is 0.467 e. The molecular weight excluding hydrogens is 427 g/mol. The minimum atomic E-state index is -0.784. The monoisotopic (exact) mass is 446 g/mol. The Kier molecular flexibility index (Phi) is 5.01. The second-order valence-electron chi connectivity index (χ2n) is 7.75. The van der Waals surface area contributed by atoms with Crippen LogP contribution >= 0.6 is 0 Å². The molecule has 3 amide bonds. The fourth-order valence-electron chi connectivity index (χ4n) is 4.00. The van der Waals surface area contributed by atoms with Gasteiger partial charge in [-0.05, 0) is 55.5 Å². The lowest BCUT2D eigenvalue weighted by Crippen LogP contribution is -2.36. The van der Waals surface area contributed by atoms with Crippen LogP contribution in [0.1, 0.15) is 18.5 Å². The van der Waals surface area contributed by atoms with Crippen molar-refractivity contribution in [3.05, 3.63) is 94.7 Å². The summed E-state index contributed by atoms with van der Waals surface area (Å²) >= 11 is 0. The van der Waals surface area contributed by atoms with Crippen LogP contribution in [0.2, 0.25) is 0 Å². The van der Waals surface area contributed by atoms with Crippen molar-refractivity contribution >= 4 is 28.5 Å². The van der Waals surface area contributed by atoms with Gasteiger partial charge in [0.2, 0.25) is 0 Å². The lowest BCUT2D eigenvalue weighted by atomic mass is 10.2. The summed E-state index contributed by atoms with van der Waals surface area (Å²) in [7, 11) is 0. The van der Waals surface area contributed by atoms with Crippen molar-refractivity contribution in [3.63, 3.8) is 0 Å². The number of hydrogen-bond donors (Lipinski definition) is 0. The number of carbonyl (C=O) groups excluding carboxylic acids is 2. The first-order valence-corrected chi connectivity index (χ1v) is 10.3. The quantitative estimate of drug-likeness (QED) is 0.438. The van der Waals surface area contributed by atoms with Gasteiger partial charge in [-0.25, -0.2) is 14.2 Å². The fraction of sp³-hybridized carbons (Fsp3) is 0.167. The number of fused-ring (bicyclic) bond motifs is 1. The summed E-state index contributed by atoms with van der Waals surface area (Å²) in [6, 6.07) is 14.3. The molecule has 0 spiro atoms. The molecule has 0 radical (unpaired) electrons. The van der Waals surface area contributed by atoms with Crippen molar-refractivity contribution in [2.75, 3.05) is 4.90 Å². The molecule has 33 heavy (non-hydrogen) atoms. The molecule has 0 unspecified atom stereocenters. The van der Waals surface area contributed by atoms with Crippen LogP contribution in [0.4, 0.5) is 14.9 Å². The maximum atomic E-state index is 13.3. The molecule has 2 aromatic heterocycles. The highest BCUT2D eigenvalue weighted by atomic mass is 19.1. The summed E-state index contributed by atoms with van der Waals surface area (Å²) in [5.41, 5.74) is 0.578. The second-order valence-corrected chi connectivity index (χ2v) is 7.75. The van der Waals surface area contributed by atoms with Gasteiger partial charge in [0.1, 0.15) is 23.4 Å². The van der Waals surface area contributed by atoms with Crippen molar-refractivity contribution in [3.8, 4) is 0 Å². The third-order valence-corrected chi connectivity index (χ3v) is 5.69. The van der Waals surface area contributed by atoms with E-state index in [2.05, 4.69) is 4.98 Å². The van der Waals surface area contributed by atoms with Gasteiger partial charge >= 0.3 is 6.03 Å². The number of urea groups is 1. The van der Waals surface area contributed by atoms with E-state index in [1.54, 1.807) is 43.3 Å². The number of furan rings is 1. The second kappa shape index (κ2) is 8.01. The first kappa shape index (κ1) is 20.6. The minimum absolute atomic E-state index is 0.104. The van der Waals surface area contributed by atoms with Gasteiger partial charge in [0.15, 0.2) is 0 Å². The van der Waals surface area contributed by atoms with Crippen LogP contribution in [0.15, 0.2) is 76.1 Å². The summed E-state index contributed by atoms with van der Waals surface area (Å²) < 4.78 is 20.2. The van der Waals surface area contributed by atoms with E-state index >= 15 is 0 Å². The smallest absolute Gasteiger partial charge is 0.332 e. The number of halogens is 1. The van der Waals surface area contributed by atoms with Crippen molar-refractivity contribution < 1.29 is 18.4 Å². The maximum absolute atomic E-state index is 13.3. The van der Waals surface area contributed by atoms with E-state index in [4.69, 9.17) is 4.42 Å². The molecular formula is C24H19FN4O4. The van der Waals surface area contributed by atoms with Crippen LogP contribution in [0.5, 0.6) is 0 Å². The van der Waals surface area contributed by atoms with E-state index < -0.39 is 23.8 Å². The third kappa shape index (κ3) is 3.57. The minimum Gasteiger partial charge on any atom is -0.467 e. The van der Waals surface area contributed by atoms with Crippen LogP contribution in [0, 0.1) is 5.82 Å². The zero-order chi connectivity index (χ0) is 23.1. The molecule has 1 fully saturated rings. The summed E-state index contributed by atoms with van der Waals surface area (Å²) in [6.45, 7) is 1.51. The van der Waals surface area contributed by atoms with Crippen LogP contribution < -0.4 is 10.5 Å². The normalized spacial score (nSPS) is 16.2. The van der Waals surface area contributed by atoms with Crippen LogP contribution in [-0.2, 0) is 17.9 Å². The van der Waals surface area contributed by atoms with E-state index in [1.165, 1.54) is 40.0 Å². The number of para-hydroxylation sites is 1. The molecule has 1 aliphatic heterocycles. The van der Waals surface area contributed by atoms with Crippen molar-refractivity contribution in [2.24, 2.45) is 0 Å². The highest BCUT2D eigenvalue weighted by molar-refractivity contribution is 6.13. The lowest BCUT2D eigenvalue weighted by molar-refractivity contribution is -0.127.